The number of thiophene rings is 1. The summed E-state index contributed by atoms with van der Waals surface area (Å²) in [5.74, 6) is 0.0399. The number of amides is 1. The predicted octanol–water partition coefficient (Wildman–Crippen LogP) is 4.50. The Labute approximate surface area is 123 Å². The number of hydrogen-bond acceptors (Lipinski definition) is 2. The highest BCUT2D eigenvalue weighted by Gasteiger charge is 2.20. The SMILES string of the molecule is Cc1ccc(C)c(NC(=O)c2csc3c2CCCC3)c1. The third-order valence-electron chi connectivity index (χ3n) is 3.95. The van der Waals surface area contributed by atoms with E-state index in [9.17, 15) is 4.79 Å². The molecule has 1 amide bonds. The van der Waals surface area contributed by atoms with Crippen LogP contribution in [0.25, 0.3) is 0 Å². The molecule has 2 nitrogen and oxygen atoms in total. The zero-order valence-electron chi connectivity index (χ0n) is 12.0. The van der Waals surface area contributed by atoms with Gasteiger partial charge in [0.15, 0.2) is 0 Å². The first-order valence-corrected chi connectivity index (χ1v) is 8.01. The summed E-state index contributed by atoms with van der Waals surface area (Å²) in [6, 6.07) is 6.15. The van der Waals surface area contributed by atoms with Gasteiger partial charge in [-0.2, -0.15) is 0 Å². The van der Waals surface area contributed by atoms with E-state index >= 15 is 0 Å². The van der Waals surface area contributed by atoms with Crippen molar-refractivity contribution in [2.45, 2.75) is 39.5 Å². The molecule has 1 aromatic heterocycles. The second-order valence-electron chi connectivity index (χ2n) is 5.53. The van der Waals surface area contributed by atoms with Crippen molar-refractivity contribution in [3.63, 3.8) is 0 Å². The van der Waals surface area contributed by atoms with Gasteiger partial charge in [-0.05, 0) is 62.3 Å². The Bertz CT molecular complexity index is 657. The first kappa shape index (κ1) is 13.4. The number of fused-ring (bicyclic) bond motifs is 1. The minimum atomic E-state index is 0.0399. The molecule has 0 bridgehead atoms. The van der Waals surface area contributed by atoms with Gasteiger partial charge in [0, 0.05) is 15.9 Å². The van der Waals surface area contributed by atoms with Gasteiger partial charge in [-0.15, -0.1) is 11.3 Å². The van der Waals surface area contributed by atoms with Crippen LogP contribution in [0.5, 0.6) is 0 Å². The van der Waals surface area contributed by atoms with Gasteiger partial charge in [-0.1, -0.05) is 12.1 Å². The Balaban J connectivity index is 1.86. The van der Waals surface area contributed by atoms with Crippen LogP contribution >= 0.6 is 11.3 Å². The summed E-state index contributed by atoms with van der Waals surface area (Å²) in [7, 11) is 0. The van der Waals surface area contributed by atoms with Gasteiger partial charge in [-0.25, -0.2) is 0 Å². The van der Waals surface area contributed by atoms with Gasteiger partial charge in [0.25, 0.3) is 5.91 Å². The maximum absolute atomic E-state index is 12.5. The van der Waals surface area contributed by atoms with E-state index in [-0.39, 0.29) is 5.91 Å². The van der Waals surface area contributed by atoms with E-state index in [4.69, 9.17) is 0 Å². The molecule has 0 fully saturated rings. The summed E-state index contributed by atoms with van der Waals surface area (Å²) in [5.41, 5.74) is 5.35. The molecule has 1 N–H and O–H groups in total. The van der Waals surface area contributed by atoms with Crippen molar-refractivity contribution in [2.75, 3.05) is 5.32 Å². The summed E-state index contributed by atoms with van der Waals surface area (Å²) in [6.45, 7) is 4.07. The molecular formula is C17H19NOS. The topological polar surface area (TPSA) is 29.1 Å². The van der Waals surface area contributed by atoms with Crippen LogP contribution in [0.3, 0.4) is 0 Å². The Morgan fingerprint density at radius 3 is 2.85 bits per heavy atom. The molecule has 0 atom stereocenters. The van der Waals surface area contributed by atoms with E-state index in [1.165, 1.54) is 28.8 Å². The number of hydrogen-bond donors (Lipinski definition) is 1. The van der Waals surface area contributed by atoms with E-state index in [1.54, 1.807) is 11.3 Å². The molecule has 1 aliphatic carbocycles. The van der Waals surface area contributed by atoms with Crippen LogP contribution in [0.2, 0.25) is 0 Å². The maximum Gasteiger partial charge on any atom is 0.256 e. The van der Waals surface area contributed by atoms with Crippen LogP contribution in [-0.4, -0.2) is 5.91 Å². The second-order valence-corrected chi connectivity index (χ2v) is 6.49. The number of rotatable bonds is 2. The van der Waals surface area contributed by atoms with E-state index < -0.39 is 0 Å². The zero-order valence-corrected chi connectivity index (χ0v) is 12.8. The van der Waals surface area contributed by atoms with Crippen molar-refractivity contribution in [3.05, 3.63) is 50.7 Å². The molecule has 1 heterocycles. The summed E-state index contributed by atoms with van der Waals surface area (Å²) < 4.78 is 0. The molecule has 0 aliphatic heterocycles. The average molecular weight is 285 g/mol. The van der Waals surface area contributed by atoms with Crippen molar-refractivity contribution in [1.82, 2.24) is 0 Å². The molecule has 20 heavy (non-hydrogen) atoms. The van der Waals surface area contributed by atoms with Crippen molar-refractivity contribution in [1.29, 1.82) is 0 Å². The fourth-order valence-electron chi connectivity index (χ4n) is 2.74. The fourth-order valence-corrected chi connectivity index (χ4v) is 3.87. The molecule has 0 spiro atoms. The van der Waals surface area contributed by atoms with Gasteiger partial charge in [-0.3, -0.25) is 4.79 Å². The lowest BCUT2D eigenvalue weighted by Gasteiger charge is -2.13. The molecule has 3 heteroatoms. The number of carbonyl (C=O) groups is 1. The van der Waals surface area contributed by atoms with Crippen LogP contribution in [0.4, 0.5) is 5.69 Å². The molecule has 104 valence electrons. The predicted molar refractivity (Wildman–Crippen MR) is 84.8 cm³/mol. The van der Waals surface area contributed by atoms with Gasteiger partial charge < -0.3 is 5.32 Å². The zero-order chi connectivity index (χ0) is 14.1. The Hall–Kier alpha value is -1.61. The molecule has 1 aliphatic rings. The molecule has 1 aromatic carbocycles. The largest absolute Gasteiger partial charge is 0.322 e. The van der Waals surface area contributed by atoms with Crippen LogP contribution in [0, 0.1) is 13.8 Å². The fraction of sp³-hybridized carbons (Fsp3) is 0.353. The quantitative estimate of drug-likeness (QED) is 0.865. The Morgan fingerprint density at radius 1 is 1.20 bits per heavy atom. The van der Waals surface area contributed by atoms with Crippen molar-refractivity contribution < 1.29 is 4.79 Å². The summed E-state index contributed by atoms with van der Waals surface area (Å²) in [6.07, 6.45) is 4.64. The van der Waals surface area contributed by atoms with Gasteiger partial charge in [0.2, 0.25) is 0 Å². The van der Waals surface area contributed by atoms with Gasteiger partial charge in [0.05, 0.1) is 5.56 Å². The van der Waals surface area contributed by atoms with Crippen LogP contribution in [-0.2, 0) is 12.8 Å². The van der Waals surface area contributed by atoms with Crippen LogP contribution in [0.1, 0.15) is 44.8 Å². The first-order valence-electron chi connectivity index (χ1n) is 7.13. The lowest BCUT2D eigenvalue weighted by atomic mass is 9.95. The van der Waals surface area contributed by atoms with E-state index in [0.717, 1.165) is 29.7 Å². The number of carbonyl (C=O) groups excluding carboxylic acids is 1. The highest BCUT2D eigenvalue weighted by atomic mass is 32.1. The maximum atomic E-state index is 12.5. The molecule has 2 aromatic rings. The second kappa shape index (κ2) is 5.41. The highest BCUT2D eigenvalue weighted by Crippen LogP contribution is 2.31. The van der Waals surface area contributed by atoms with Crippen LogP contribution < -0.4 is 5.32 Å². The van der Waals surface area contributed by atoms with Crippen LogP contribution in [0.15, 0.2) is 23.6 Å². The molecule has 0 radical (unpaired) electrons. The Morgan fingerprint density at radius 2 is 2.00 bits per heavy atom. The van der Waals surface area contributed by atoms with E-state index in [1.807, 2.05) is 31.4 Å². The number of aryl methyl sites for hydroxylation is 3. The minimum absolute atomic E-state index is 0.0399. The molecule has 0 saturated carbocycles. The van der Waals surface area contributed by atoms with Crippen molar-refractivity contribution in [3.8, 4) is 0 Å². The minimum Gasteiger partial charge on any atom is -0.322 e. The standard InChI is InChI=1S/C17H19NOS/c1-11-7-8-12(2)15(9-11)18-17(19)14-10-20-16-6-4-3-5-13(14)16/h7-10H,3-6H2,1-2H3,(H,18,19). The van der Waals surface area contributed by atoms with Crippen molar-refractivity contribution >= 4 is 22.9 Å². The normalized spacial score (nSPS) is 13.9. The third-order valence-corrected chi connectivity index (χ3v) is 5.04. The Kier molecular flexibility index (Phi) is 3.62. The number of benzene rings is 1. The van der Waals surface area contributed by atoms with E-state index in [2.05, 4.69) is 11.4 Å². The highest BCUT2D eigenvalue weighted by molar-refractivity contribution is 7.10. The smallest absolute Gasteiger partial charge is 0.256 e. The lowest BCUT2D eigenvalue weighted by molar-refractivity contribution is 0.102. The summed E-state index contributed by atoms with van der Waals surface area (Å²) in [5, 5.41) is 5.10. The lowest BCUT2D eigenvalue weighted by Crippen LogP contribution is -2.15. The third kappa shape index (κ3) is 2.50. The van der Waals surface area contributed by atoms with Crippen molar-refractivity contribution in [2.24, 2.45) is 0 Å². The summed E-state index contributed by atoms with van der Waals surface area (Å²) >= 11 is 1.74. The number of nitrogens with one attached hydrogen (secondary N) is 1. The molecule has 3 rings (SSSR count). The average Bonchev–Trinajstić information content (AvgIpc) is 2.87. The molecule has 0 saturated heterocycles. The monoisotopic (exact) mass is 285 g/mol. The molecular weight excluding hydrogens is 266 g/mol. The van der Waals surface area contributed by atoms with E-state index in [0.29, 0.717) is 0 Å². The number of anilines is 1. The van der Waals surface area contributed by atoms with Gasteiger partial charge in [0.1, 0.15) is 0 Å². The first-order chi connectivity index (χ1) is 9.65. The summed E-state index contributed by atoms with van der Waals surface area (Å²) in [4.78, 5) is 13.9. The van der Waals surface area contributed by atoms with Gasteiger partial charge >= 0.3 is 0 Å². The molecule has 0 unspecified atom stereocenters.